The molecule has 2 saturated heterocycles. The molecule has 0 saturated carbocycles. The molecule has 2 bridgehead atoms. The fourth-order valence-electron chi connectivity index (χ4n) is 4.03. The van der Waals surface area contributed by atoms with E-state index in [0.29, 0.717) is 18.2 Å². The van der Waals surface area contributed by atoms with Crippen molar-refractivity contribution in [3.8, 4) is 0 Å². The molecule has 3 atom stereocenters. The Kier molecular flexibility index (Phi) is 4.61. The number of para-hydroxylation sites is 2. The topological polar surface area (TPSA) is 63.5 Å². The monoisotopic (exact) mass is 341 g/mol. The van der Waals surface area contributed by atoms with E-state index in [4.69, 9.17) is 9.73 Å². The molecule has 3 unspecified atom stereocenters. The van der Waals surface area contributed by atoms with E-state index < -0.39 is 0 Å². The number of ether oxygens (including phenoxy) is 1. The highest BCUT2D eigenvalue weighted by Gasteiger charge is 2.41. The maximum atomic E-state index is 5.93. The van der Waals surface area contributed by atoms with Crippen LogP contribution in [0.25, 0.3) is 11.0 Å². The van der Waals surface area contributed by atoms with Crippen LogP contribution in [0.5, 0.6) is 0 Å². The summed E-state index contributed by atoms with van der Waals surface area (Å²) in [4.78, 5) is 9.40. The van der Waals surface area contributed by atoms with Crippen molar-refractivity contribution >= 4 is 17.0 Å². The molecule has 134 valence electrons. The normalized spacial score (nSPS) is 25.7. The molecule has 0 aliphatic carbocycles. The average Bonchev–Trinajstić information content (AvgIpc) is 3.30. The third-order valence-corrected chi connectivity index (χ3v) is 5.21. The van der Waals surface area contributed by atoms with Gasteiger partial charge < -0.3 is 19.9 Å². The molecule has 0 amide bonds. The van der Waals surface area contributed by atoms with E-state index in [0.717, 1.165) is 43.4 Å². The van der Waals surface area contributed by atoms with Crippen LogP contribution in [0.1, 0.15) is 32.0 Å². The lowest BCUT2D eigenvalue weighted by molar-refractivity contribution is 0.0992. The highest BCUT2D eigenvalue weighted by molar-refractivity contribution is 5.80. The number of nitrogens with zero attached hydrogens (tertiary/aromatic N) is 3. The van der Waals surface area contributed by atoms with E-state index in [-0.39, 0.29) is 0 Å². The van der Waals surface area contributed by atoms with Gasteiger partial charge in [-0.25, -0.2) is 4.98 Å². The number of aliphatic imine (C=N–C) groups is 1. The van der Waals surface area contributed by atoms with Gasteiger partial charge in [0.05, 0.1) is 35.8 Å². The van der Waals surface area contributed by atoms with Crippen LogP contribution >= 0.6 is 0 Å². The molecule has 2 aromatic rings. The fourth-order valence-corrected chi connectivity index (χ4v) is 4.03. The molecule has 6 nitrogen and oxygen atoms in total. The number of fused-ring (bicyclic) bond motifs is 3. The van der Waals surface area contributed by atoms with Crippen LogP contribution in [0, 0.1) is 6.92 Å². The maximum absolute atomic E-state index is 5.93. The number of hydrogen-bond acceptors (Lipinski definition) is 3. The number of hydrogen-bond donors (Lipinski definition) is 2. The summed E-state index contributed by atoms with van der Waals surface area (Å²) in [5, 5.41) is 6.93. The zero-order valence-electron chi connectivity index (χ0n) is 15.0. The summed E-state index contributed by atoms with van der Waals surface area (Å²) in [5.74, 6) is 1.93. The highest BCUT2D eigenvalue weighted by atomic mass is 16.5. The van der Waals surface area contributed by atoms with Crippen molar-refractivity contribution in [1.29, 1.82) is 0 Å². The van der Waals surface area contributed by atoms with Gasteiger partial charge in [0.25, 0.3) is 0 Å². The van der Waals surface area contributed by atoms with Crippen molar-refractivity contribution in [1.82, 2.24) is 20.2 Å². The molecule has 25 heavy (non-hydrogen) atoms. The van der Waals surface area contributed by atoms with Crippen LogP contribution in [0.2, 0.25) is 0 Å². The molecule has 4 rings (SSSR count). The first-order valence-electron chi connectivity index (χ1n) is 9.36. The minimum absolute atomic E-state index is 0.355. The van der Waals surface area contributed by atoms with Gasteiger partial charge in [-0.2, -0.15) is 0 Å². The largest absolute Gasteiger partial charge is 0.373 e. The van der Waals surface area contributed by atoms with Crippen LogP contribution in [-0.2, 0) is 11.3 Å². The van der Waals surface area contributed by atoms with Gasteiger partial charge in [0.15, 0.2) is 5.96 Å². The summed E-state index contributed by atoms with van der Waals surface area (Å²) in [6.07, 6.45) is 4.28. The van der Waals surface area contributed by atoms with E-state index in [1.165, 1.54) is 18.4 Å². The maximum Gasteiger partial charge on any atom is 0.191 e. The fraction of sp³-hybridized carbons (Fsp3) is 0.579. The van der Waals surface area contributed by atoms with Crippen molar-refractivity contribution in [2.75, 3.05) is 13.1 Å². The second-order valence-corrected chi connectivity index (χ2v) is 6.92. The Morgan fingerprint density at radius 2 is 2.24 bits per heavy atom. The Morgan fingerprint density at radius 1 is 1.36 bits per heavy atom. The molecule has 2 aliphatic rings. The highest BCUT2D eigenvalue weighted by Crippen LogP contribution is 2.34. The van der Waals surface area contributed by atoms with E-state index in [9.17, 15) is 0 Å². The number of benzene rings is 1. The predicted octanol–water partition coefficient (Wildman–Crippen LogP) is 2.22. The van der Waals surface area contributed by atoms with Crippen molar-refractivity contribution < 1.29 is 4.74 Å². The SMILES string of the molecule is CCNC(=NCCn1c(C)nc2ccccc21)NC1CC2CCC1O2. The third kappa shape index (κ3) is 3.35. The Labute approximate surface area is 148 Å². The first-order valence-corrected chi connectivity index (χ1v) is 9.36. The van der Waals surface area contributed by atoms with Crippen molar-refractivity contribution in [3.63, 3.8) is 0 Å². The first-order chi connectivity index (χ1) is 12.2. The van der Waals surface area contributed by atoms with Gasteiger partial charge in [-0.05, 0) is 45.2 Å². The zero-order valence-corrected chi connectivity index (χ0v) is 15.0. The molecular formula is C19H27N5O. The summed E-state index contributed by atoms with van der Waals surface area (Å²) >= 11 is 0. The molecule has 2 aliphatic heterocycles. The Morgan fingerprint density at radius 3 is 3.00 bits per heavy atom. The van der Waals surface area contributed by atoms with Crippen molar-refractivity contribution in [2.45, 2.75) is 57.9 Å². The standard InChI is InChI=1S/C19H27N5O/c1-3-20-19(23-16-12-14-8-9-18(16)25-14)21-10-11-24-13(2)22-15-6-4-5-7-17(15)24/h4-7,14,16,18H,3,8-12H2,1-2H3,(H2,20,21,23). The van der Waals surface area contributed by atoms with Gasteiger partial charge in [0.2, 0.25) is 0 Å². The molecule has 0 spiro atoms. The predicted molar refractivity (Wildman–Crippen MR) is 99.9 cm³/mol. The summed E-state index contributed by atoms with van der Waals surface area (Å²) in [7, 11) is 0. The van der Waals surface area contributed by atoms with Gasteiger partial charge in [0, 0.05) is 13.1 Å². The first kappa shape index (κ1) is 16.4. The summed E-state index contributed by atoms with van der Waals surface area (Å²) < 4.78 is 8.17. The van der Waals surface area contributed by atoms with Crippen LogP contribution in [0.4, 0.5) is 0 Å². The number of nitrogens with one attached hydrogen (secondary N) is 2. The lowest BCUT2D eigenvalue weighted by Gasteiger charge is -2.22. The molecular weight excluding hydrogens is 314 g/mol. The zero-order chi connectivity index (χ0) is 17.2. The van der Waals surface area contributed by atoms with Crippen molar-refractivity contribution in [2.24, 2.45) is 4.99 Å². The number of rotatable bonds is 5. The molecule has 1 aromatic carbocycles. The lowest BCUT2D eigenvalue weighted by atomic mass is 9.96. The van der Waals surface area contributed by atoms with E-state index in [2.05, 4.69) is 52.2 Å². The van der Waals surface area contributed by atoms with Crippen LogP contribution < -0.4 is 10.6 Å². The molecule has 0 radical (unpaired) electrons. The molecule has 2 N–H and O–H groups in total. The van der Waals surface area contributed by atoms with Gasteiger partial charge >= 0.3 is 0 Å². The second-order valence-electron chi connectivity index (χ2n) is 6.92. The van der Waals surface area contributed by atoms with E-state index in [1.54, 1.807) is 0 Å². The summed E-state index contributed by atoms with van der Waals surface area (Å²) in [6, 6.07) is 8.66. The Bertz CT molecular complexity index is 768. The average molecular weight is 341 g/mol. The van der Waals surface area contributed by atoms with Gasteiger partial charge in [0.1, 0.15) is 5.82 Å². The minimum Gasteiger partial charge on any atom is -0.373 e. The molecule has 1 aromatic heterocycles. The van der Waals surface area contributed by atoms with Gasteiger partial charge in [-0.15, -0.1) is 0 Å². The minimum atomic E-state index is 0.355. The number of imidazole rings is 1. The van der Waals surface area contributed by atoms with Crippen LogP contribution in [0.15, 0.2) is 29.3 Å². The number of aromatic nitrogens is 2. The van der Waals surface area contributed by atoms with Crippen LogP contribution in [0.3, 0.4) is 0 Å². The summed E-state index contributed by atoms with van der Waals surface area (Å²) in [5.41, 5.74) is 2.22. The van der Waals surface area contributed by atoms with E-state index in [1.807, 2.05) is 6.07 Å². The smallest absolute Gasteiger partial charge is 0.191 e. The summed E-state index contributed by atoms with van der Waals surface area (Å²) in [6.45, 7) is 6.57. The molecule has 6 heteroatoms. The number of guanidine groups is 1. The molecule has 2 fully saturated rings. The second kappa shape index (κ2) is 7.04. The van der Waals surface area contributed by atoms with Crippen molar-refractivity contribution in [3.05, 3.63) is 30.1 Å². The lowest BCUT2D eigenvalue weighted by Crippen LogP contribution is -2.47. The molecule has 3 heterocycles. The Balaban J connectivity index is 1.42. The van der Waals surface area contributed by atoms with Crippen LogP contribution in [-0.4, -0.2) is 46.8 Å². The number of aryl methyl sites for hydroxylation is 1. The van der Waals surface area contributed by atoms with Gasteiger partial charge in [-0.1, -0.05) is 12.1 Å². The van der Waals surface area contributed by atoms with E-state index >= 15 is 0 Å². The van der Waals surface area contributed by atoms with Gasteiger partial charge in [-0.3, -0.25) is 4.99 Å². The third-order valence-electron chi connectivity index (χ3n) is 5.21. The Hall–Kier alpha value is -2.08. The quantitative estimate of drug-likeness (QED) is 0.647.